The lowest BCUT2D eigenvalue weighted by molar-refractivity contribution is 0.561. The maximum Gasteiger partial charge on any atom is 0.155 e. The Kier molecular flexibility index (Phi) is 2.36. The Balaban J connectivity index is 1.86. The predicted octanol–water partition coefficient (Wildman–Crippen LogP) is 1.19. The van der Waals surface area contributed by atoms with Crippen molar-refractivity contribution in [2.24, 2.45) is 5.92 Å². The zero-order valence-corrected chi connectivity index (χ0v) is 9.48. The molecule has 0 radical (unpaired) electrons. The molecule has 0 amide bonds. The van der Waals surface area contributed by atoms with Gasteiger partial charge in [-0.3, -0.25) is 0 Å². The number of pyridine rings is 1. The summed E-state index contributed by atoms with van der Waals surface area (Å²) in [5.74, 6) is 1.68. The van der Waals surface area contributed by atoms with Gasteiger partial charge in [-0.2, -0.15) is 5.10 Å². The zero-order valence-electron chi connectivity index (χ0n) is 9.48. The van der Waals surface area contributed by atoms with Crippen LogP contribution in [0, 0.1) is 12.8 Å². The van der Waals surface area contributed by atoms with Gasteiger partial charge >= 0.3 is 0 Å². The van der Waals surface area contributed by atoms with Gasteiger partial charge in [-0.25, -0.2) is 9.50 Å². The molecule has 16 heavy (non-hydrogen) atoms. The van der Waals surface area contributed by atoms with Crippen molar-refractivity contribution in [2.75, 3.05) is 13.1 Å². The number of hydrogen-bond donors (Lipinski definition) is 1. The highest BCUT2D eigenvalue weighted by Crippen LogP contribution is 2.13. The van der Waals surface area contributed by atoms with Gasteiger partial charge in [-0.15, -0.1) is 0 Å². The van der Waals surface area contributed by atoms with Gasteiger partial charge in [0, 0.05) is 12.6 Å². The van der Waals surface area contributed by atoms with E-state index >= 15 is 0 Å². The molecular formula is C12H16N4. The normalized spacial score (nSPS) is 20.7. The SMILES string of the molecule is Cc1ccn2nc(CC3CCNC3)nc2c1. The van der Waals surface area contributed by atoms with Gasteiger partial charge < -0.3 is 5.32 Å². The summed E-state index contributed by atoms with van der Waals surface area (Å²) < 4.78 is 1.87. The summed E-state index contributed by atoms with van der Waals surface area (Å²) in [7, 11) is 0. The van der Waals surface area contributed by atoms with Crippen LogP contribution in [0.5, 0.6) is 0 Å². The number of rotatable bonds is 2. The molecule has 2 aromatic heterocycles. The molecule has 1 saturated heterocycles. The molecule has 0 spiro atoms. The van der Waals surface area contributed by atoms with Crippen LogP contribution in [0.25, 0.3) is 5.65 Å². The largest absolute Gasteiger partial charge is 0.316 e. The van der Waals surface area contributed by atoms with Crippen LogP contribution in [0.15, 0.2) is 18.3 Å². The number of aromatic nitrogens is 3. The van der Waals surface area contributed by atoms with E-state index in [1.807, 2.05) is 10.7 Å². The van der Waals surface area contributed by atoms with Crippen molar-refractivity contribution in [1.29, 1.82) is 0 Å². The monoisotopic (exact) mass is 216 g/mol. The quantitative estimate of drug-likeness (QED) is 0.820. The molecule has 3 heterocycles. The number of fused-ring (bicyclic) bond motifs is 1. The maximum atomic E-state index is 4.56. The molecule has 2 aromatic rings. The Bertz CT molecular complexity index is 497. The van der Waals surface area contributed by atoms with E-state index in [1.54, 1.807) is 0 Å². The minimum atomic E-state index is 0.707. The maximum absolute atomic E-state index is 4.56. The average molecular weight is 216 g/mol. The zero-order chi connectivity index (χ0) is 11.0. The molecule has 0 aromatic carbocycles. The van der Waals surface area contributed by atoms with E-state index in [2.05, 4.69) is 34.5 Å². The molecule has 84 valence electrons. The summed E-state index contributed by atoms with van der Waals surface area (Å²) in [6.07, 6.45) is 4.22. The molecule has 0 saturated carbocycles. The van der Waals surface area contributed by atoms with E-state index in [1.165, 1.54) is 12.0 Å². The van der Waals surface area contributed by atoms with Crippen molar-refractivity contribution in [2.45, 2.75) is 19.8 Å². The fourth-order valence-corrected chi connectivity index (χ4v) is 2.26. The van der Waals surface area contributed by atoms with E-state index in [4.69, 9.17) is 0 Å². The molecule has 1 atom stereocenters. The molecule has 1 aliphatic rings. The fraction of sp³-hybridized carbons (Fsp3) is 0.500. The van der Waals surface area contributed by atoms with Gasteiger partial charge in [-0.05, 0) is 50.0 Å². The minimum Gasteiger partial charge on any atom is -0.316 e. The van der Waals surface area contributed by atoms with Crippen LogP contribution in [0.4, 0.5) is 0 Å². The third kappa shape index (κ3) is 1.80. The Morgan fingerprint density at radius 2 is 2.50 bits per heavy atom. The molecule has 4 nitrogen and oxygen atoms in total. The molecular weight excluding hydrogens is 200 g/mol. The lowest BCUT2D eigenvalue weighted by Crippen LogP contribution is -2.11. The standard InChI is InChI=1S/C12H16N4/c1-9-3-5-16-12(6-9)14-11(15-16)7-10-2-4-13-8-10/h3,5-6,10,13H,2,4,7-8H2,1H3. The Hall–Kier alpha value is -1.42. The van der Waals surface area contributed by atoms with E-state index in [9.17, 15) is 0 Å². The van der Waals surface area contributed by atoms with E-state index < -0.39 is 0 Å². The number of nitrogens with one attached hydrogen (secondary N) is 1. The highest BCUT2D eigenvalue weighted by Gasteiger charge is 2.17. The Morgan fingerprint density at radius 1 is 1.56 bits per heavy atom. The molecule has 1 aliphatic heterocycles. The van der Waals surface area contributed by atoms with E-state index in [0.29, 0.717) is 5.92 Å². The van der Waals surface area contributed by atoms with Crippen molar-refractivity contribution < 1.29 is 0 Å². The first-order valence-electron chi connectivity index (χ1n) is 5.84. The average Bonchev–Trinajstić information content (AvgIpc) is 2.86. The highest BCUT2D eigenvalue weighted by molar-refractivity contribution is 5.39. The molecule has 1 N–H and O–H groups in total. The molecule has 3 rings (SSSR count). The van der Waals surface area contributed by atoms with Gasteiger partial charge in [0.25, 0.3) is 0 Å². The number of hydrogen-bond acceptors (Lipinski definition) is 3. The number of aryl methyl sites for hydroxylation is 1. The second-order valence-electron chi connectivity index (χ2n) is 4.60. The third-order valence-electron chi connectivity index (χ3n) is 3.17. The van der Waals surface area contributed by atoms with Gasteiger partial charge in [0.15, 0.2) is 11.5 Å². The van der Waals surface area contributed by atoms with Crippen LogP contribution in [0.2, 0.25) is 0 Å². The first-order chi connectivity index (χ1) is 7.81. The second-order valence-corrected chi connectivity index (χ2v) is 4.60. The van der Waals surface area contributed by atoms with Gasteiger partial charge in [-0.1, -0.05) is 0 Å². The number of nitrogens with zero attached hydrogens (tertiary/aromatic N) is 3. The molecule has 4 heteroatoms. The summed E-state index contributed by atoms with van der Waals surface area (Å²) in [6.45, 7) is 4.32. The Labute approximate surface area is 94.7 Å². The summed E-state index contributed by atoms with van der Waals surface area (Å²) in [5.41, 5.74) is 2.19. The minimum absolute atomic E-state index is 0.707. The van der Waals surface area contributed by atoms with Crippen molar-refractivity contribution in [3.63, 3.8) is 0 Å². The molecule has 0 bridgehead atoms. The third-order valence-corrected chi connectivity index (χ3v) is 3.17. The van der Waals surface area contributed by atoms with Crippen LogP contribution in [0.3, 0.4) is 0 Å². The summed E-state index contributed by atoms with van der Waals surface area (Å²) in [5, 5.41) is 7.87. The summed E-state index contributed by atoms with van der Waals surface area (Å²) >= 11 is 0. The predicted molar refractivity (Wildman–Crippen MR) is 62.4 cm³/mol. The van der Waals surface area contributed by atoms with Crippen LogP contribution >= 0.6 is 0 Å². The van der Waals surface area contributed by atoms with Gasteiger partial charge in [0.05, 0.1) is 0 Å². The van der Waals surface area contributed by atoms with Crippen LogP contribution < -0.4 is 5.32 Å². The van der Waals surface area contributed by atoms with E-state index in [-0.39, 0.29) is 0 Å². The van der Waals surface area contributed by atoms with Crippen LogP contribution in [0.1, 0.15) is 17.8 Å². The van der Waals surface area contributed by atoms with Crippen molar-refractivity contribution in [1.82, 2.24) is 19.9 Å². The van der Waals surface area contributed by atoms with Crippen molar-refractivity contribution >= 4 is 5.65 Å². The van der Waals surface area contributed by atoms with Gasteiger partial charge in [0.2, 0.25) is 0 Å². The lowest BCUT2D eigenvalue weighted by Gasteiger charge is -2.02. The van der Waals surface area contributed by atoms with Crippen molar-refractivity contribution in [3.8, 4) is 0 Å². The van der Waals surface area contributed by atoms with Crippen LogP contribution in [-0.2, 0) is 6.42 Å². The fourth-order valence-electron chi connectivity index (χ4n) is 2.26. The Morgan fingerprint density at radius 3 is 3.31 bits per heavy atom. The topological polar surface area (TPSA) is 42.2 Å². The first-order valence-corrected chi connectivity index (χ1v) is 5.84. The molecule has 1 unspecified atom stereocenters. The van der Waals surface area contributed by atoms with E-state index in [0.717, 1.165) is 31.0 Å². The second kappa shape index (κ2) is 3.87. The van der Waals surface area contributed by atoms with Crippen molar-refractivity contribution in [3.05, 3.63) is 29.7 Å². The molecule has 1 fully saturated rings. The summed E-state index contributed by atoms with van der Waals surface area (Å²) in [4.78, 5) is 4.56. The lowest BCUT2D eigenvalue weighted by atomic mass is 10.1. The first kappa shape index (κ1) is 9.78. The highest BCUT2D eigenvalue weighted by atomic mass is 15.3. The summed E-state index contributed by atoms with van der Waals surface area (Å²) in [6, 6.07) is 4.13. The van der Waals surface area contributed by atoms with Gasteiger partial charge in [0.1, 0.15) is 0 Å². The molecule has 0 aliphatic carbocycles. The van der Waals surface area contributed by atoms with Crippen LogP contribution in [-0.4, -0.2) is 27.7 Å². The smallest absolute Gasteiger partial charge is 0.155 e.